The van der Waals surface area contributed by atoms with Crippen LogP contribution in [0.5, 0.6) is 0 Å². The van der Waals surface area contributed by atoms with Crippen LogP contribution in [0, 0.1) is 5.92 Å². The van der Waals surface area contributed by atoms with Gasteiger partial charge in [-0.3, -0.25) is 0 Å². The second kappa shape index (κ2) is 4.04. The number of nitrogens with zero attached hydrogens (tertiary/aromatic N) is 1. The van der Waals surface area contributed by atoms with Crippen LogP contribution in [0.3, 0.4) is 0 Å². The Morgan fingerprint density at radius 2 is 2.00 bits per heavy atom. The molecule has 0 amide bonds. The van der Waals surface area contributed by atoms with Crippen molar-refractivity contribution in [2.75, 3.05) is 34.2 Å². The minimum atomic E-state index is 0.486. The summed E-state index contributed by atoms with van der Waals surface area (Å²) in [5.41, 5.74) is 0. The van der Waals surface area contributed by atoms with Crippen LogP contribution < -0.4 is 10.6 Å². The van der Waals surface area contributed by atoms with Gasteiger partial charge in [-0.15, -0.1) is 0 Å². The Morgan fingerprint density at radius 1 is 1.36 bits per heavy atom. The van der Waals surface area contributed by atoms with E-state index in [1.54, 1.807) is 0 Å². The summed E-state index contributed by atoms with van der Waals surface area (Å²) in [5, 5.41) is 6.55. The van der Waals surface area contributed by atoms with E-state index in [9.17, 15) is 0 Å². The van der Waals surface area contributed by atoms with Gasteiger partial charge in [0.15, 0.2) is 0 Å². The van der Waals surface area contributed by atoms with E-state index in [2.05, 4.69) is 22.6 Å². The molecule has 0 bridgehead atoms. The molecular formula is C8H19N3. The van der Waals surface area contributed by atoms with Crippen molar-refractivity contribution in [2.24, 2.45) is 5.92 Å². The Hall–Kier alpha value is -0.120. The standard InChI is InChI=1S/C8H19N3/c1-9-8(10-2)7-4-5-11(3)6-7/h7-10H,4-6H2,1-3H3. The molecule has 0 saturated carbocycles. The Bertz CT molecular complexity index is 112. The van der Waals surface area contributed by atoms with Gasteiger partial charge in [0.2, 0.25) is 0 Å². The summed E-state index contributed by atoms with van der Waals surface area (Å²) in [5.74, 6) is 0.773. The van der Waals surface area contributed by atoms with Gasteiger partial charge in [-0.25, -0.2) is 0 Å². The first-order chi connectivity index (χ1) is 5.27. The maximum absolute atomic E-state index is 3.28. The average Bonchev–Trinajstić information content (AvgIpc) is 2.39. The maximum Gasteiger partial charge on any atom is 0.0608 e. The van der Waals surface area contributed by atoms with Gasteiger partial charge in [-0.05, 0) is 34.1 Å². The molecule has 1 rings (SSSR count). The Balaban J connectivity index is 2.34. The third-order valence-corrected chi connectivity index (χ3v) is 2.52. The van der Waals surface area contributed by atoms with E-state index in [4.69, 9.17) is 0 Å². The second-order valence-electron chi connectivity index (χ2n) is 3.37. The van der Waals surface area contributed by atoms with Crippen LogP contribution in [0.15, 0.2) is 0 Å². The lowest BCUT2D eigenvalue weighted by atomic mass is 10.1. The van der Waals surface area contributed by atoms with Gasteiger partial charge in [-0.2, -0.15) is 0 Å². The molecule has 66 valence electrons. The zero-order valence-corrected chi connectivity index (χ0v) is 7.72. The lowest BCUT2D eigenvalue weighted by Gasteiger charge is -2.21. The van der Waals surface area contributed by atoms with Crippen molar-refractivity contribution in [3.05, 3.63) is 0 Å². The molecule has 1 unspecified atom stereocenters. The normalized spacial score (nSPS) is 26.7. The minimum absolute atomic E-state index is 0.486. The molecule has 0 aliphatic carbocycles. The van der Waals surface area contributed by atoms with E-state index in [1.165, 1.54) is 19.5 Å². The third kappa shape index (κ3) is 2.15. The third-order valence-electron chi connectivity index (χ3n) is 2.52. The summed E-state index contributed by atoms with van der Waals surface area (Å²) >= 11 is 0. The highest BCUT2D eigenvalue weighted by atomic mass is 15.2. The van der Waals surface area contributed by atoms with Crippen molar-refractivity contribution >= 4 is 0 Å². The monoisotopic (exact) mass is 157 g/mol. The van der Waals surface area contributed by atoms with E-state index in [0.29, 0.717) is 6.17 Å². The molecule has 1 aliphatic heterocycles. The predicted octanol–water partition coefficient (Wildman–Crippen LogP) is -0.297. The number of rotatable bonds is 3. The van der Waals surface area contributed by atoms with Gasteiger partial charge in [0, 0.05) is 12.5 Å². The molecule has 1 aliphatic rings. The average molecular weight is 157 g/mol. The summed E-state index contributed by atoms with van der Waals surface area (Å²) in [6.45, 7) is 2.46. The molecule has 0 aromatic heterocycles. The molecule has 0 aromatic carbocycles. The van der Waals surface area contributed by atoms with Crippen molar-refractivity contribution in [1.82, 2.24) is 15.5 Å². The zero-order valence-electron chi connectivity index (χ0n) is 7.72. The summed E-state index contributed by atoms with van der Waals surface area (Å²) in [6, 6.07) is 0. The van der Waals surface area contributed by atoms with Gasteiger partial charge in [-0.1, -0.05) is 0 Å². The van der Waals surface area contributed by atoms with Crippen LogP contribution in [0.4, 0.5) is 0 Å². The van der Waals surface area contributed by atoms with Crippen molar-refractivity contribution in [1.29, 1.82) is 0 Å². The molecule has 3 heteroatoms. The highest BCUT2D eigenvalue weighted by Gasteiger charge is 2.25. The molecule has 1 saturated heterocycles. The van der Waals surface area contributed by atoms with E-state index in [-0.39, 0.29) is 0 Å². The lowest BCUT2D eigenvalue weighted by molar-refractivity contribution is 0.320. The fourth-order valence-corrected chi connectivity index (χ4v) is 1.86. The summed E-state index contributed by atoms with van der Waals surface area (Å²) in [4.78, 5) is 2.38. The van der Waals surface area contributed by atoms with Crippen molar-refractivity contribution in [3.8, 4) is 0 Å². The Morgan fingerprint density at radius 3 is 2.36 bits per heavy atom. The van der Waals surface area contributed by atoms with Crippen molar-refractivity contribution < 1.29 is 0 Å². The second-order valence-corrected chi connectivity index (χ2v) is 3.37. The molecule has 1 atom stereocenters. The summed E-state index contributed by atoms with van der Waals surface area (Å²) < 4.78 is 0. The molecule has 0 aromatic rings. The highest BCUT2D eigenvalue weighted by Crippen LogP contribution is 2.16. The van der Waals surface area contributed by atoms with Gasteiger partial charge in [0.1, 0.15) is 0 Å². The smallest absolute Gasteiger partial charge is 0.0608 e. The molecule has 0 spiro atoms. The topological polar surface area (TPSA) is 27.3 Å². The van der Waals surface area contributed by atoms with E-state index >= 15 is 0 Å². The first kappa shape index (κ1) is 8.97. The van der Waals surface area contributed by atoms with Gasteiger partial charge in [0.05, 0.1) is 6.17 Å². The van der Waals surface area contributed by atoms with Crippen molar-refractivity contribution in [3.63, 3.8) is 0 Å². The van der Waals surface area contributed by atoms with Crippen LogP contribution >= 0.6 is 0 Å². The SMILES string of the molecule is CNC(NC)C1CCN(C)C1. The fourth-order valence-electron chi connectivity index (χ4n) is 1.86. The largest absolute Gasteiger partial charge is 0.306 e. The maximum atomic E-state index is 3.28. The Labute approximate surface area is 69.1 Å². The van der Waals surface area contributed by atoms with Crippen LogP contribution in [0.2, 0.25) is 0 Å². The van der Waals surface area contributed by atoms with E-state index in [0.717, 1.165) is 5.92 Å². The molecule has 11 heavy (non-hydrogen) atoms. The van der Waals surface area contributed by atoms with Crippen LogP contribution in [-0.2, 0) is 0 Å². The summed E-state index contributed by atoms with van der Waals surface area (Å²) in [6.07, 6.45) is 1.79. The Kier molecular flexibility index (Phi) is 3.30. The number of likely N-dealkylation sites (tertiary alicyclic amines) is 1. The van der Waals surface area contributed by atoms with Crippen LogP contribution in [0.25, 0.3) is 0 Å². The number of nitrogens with one attached hydrogen (secondary N) is 2. The zero-order chi connectivity index (χ0) is 8.27. The van der Waals surface area contributed by atoms with Crippen molar-refractivity contribution in [2.45, 2.75) is 12.6 Å². The van der Waals surface area contributed by atoms with Gasteiger partial charge >= 0.3 is 0 Å². The number of hydrogen-bond donors (Lipinski definition) is 2. The molecule has 2 N–H and O–H groups in total. The minimum Gasteiger partial charge on any atom is -0.306 e. The molecule has 1 fully saturated rings. The lowest BCUT2D eigenvalue weighted by Crippen LogP contribution is -2.44. The molecule has 0 radical (unpaired) electrons. The van der Waals surface area contributed by atoms with Crippen LogP contribution in [-0.4, -0.2) is 45.3 Å². The summed E-state index contributed by atoms with van der Waals surface area (Å²) in [7, 11) is 6.21. The van der Waals surface area contributed by atoms with Crippen LogP contribution in [0.1, 0.15) is 6.42 Å². The first-order valence-electron chi connectivity index (χ1n) is 4.31. The van der Waals surface area contributed by atoms with Gasteiger partial charge in [0.25, 0.3) is 0 Å². The molecular weight excluding hydrogens is 138 g/mol. The predicted molar refractivity (Wildman–Crippen MR) is 47.5 cm³/mol. The van der Waals surface area contributed by atoms with Gasteiger partial charge < -0.3 is 15.5 Å². The first-order valence-corrected chi connectivity index (χ1v) is 4.31. The quantitative estimate of drug-likeness (QED) is 0.551. The molecule has 3 nitrogen and oxygen atoms in total. The van der Waals surface area contributed by atoms with E-state index < -0.39 is 0 Å². The van der Waals surface area contributed by atoms with E-state index in [1.807, 2.05) is 14.1 Å². The highest BCUT2D eigenvalue weighted by molar-refractivity contribution is 4.80. The molecule has 1 heterocycles. The number of hydrogen-bond acceptors (Lipinski definition) is 3. The fraction of sp³-hybridized carbons (Fsp3) is 1.00.